The molecule has 0 bridgehead atoms. The molecule has 3 aromatic carbocycles. The summed E-state index contributed by atoms with van der Waals surface area (Å²) in [6, 6.07) is 26.0. The molecule has 0 spiro atoms. The highest BCUT2D eigenvalue weighted by molar-refractivity contribution is 7.92. The minimum absolute atomic E-state index is 0.0707. The second-order valence-corrected chi connectivity index (χ2v) is 9.10. The average Bonchev–Trinajstić information content (AvgIpc) is 2.84. The SMILES string of the molecule is CCCCc1ccc(S(=O)(=O)Nc2nnc(-c3ccccc3)c(-c3ccccc3)n2)cc1. The van der Waals surface area contributed by atoms with Gasteiger partial charge in [-0.15, -0.1) is 10.2 Å². The van der Waals surface area contributed by atoms with Crippen LogP contribution in [-0.4, -0.2) is 23.6 Å². The summed E-state index contributed by atoms with van der Waals surface area (Å²) in [6.45, 7) is 2.13. The van der Waals surface area contributed by atoms with Crippen LogP contribution in [0.25, 0.3) is 22.5 Å². The van der Waals surface area contributed by atoms with Crippen LogP contribution in [0.5, 0.6) is 0 Å². The third-order valence-electron chi connectivity index (χ3n) is 5.06. The van der Waals surface area contributed by atoms with E-state index in [0.29, 0.717) is 11.4 Å². The summed E-state index contributed by atoms with van der Waals surface area (Å²) < 4.78 is 28.3. The molecule has 0 aliphatic carbocycles. The predicted octanol–water partition coefficient (Wildman–Crippen LogP) is 5.35. The minimum atomic E-state index is -3.84. The second kappa shape index (κ2) is 9.70. The van der Waals surface area contributed by atoms with Crippen LogP contribution in [0.4, 0.5) is 5.95 Å². The van der Waals surface area contributed by atoms with Crippen LogP contribution >= 0.6 is 0 Å². The van der Waals surface area contributed by atoms with Gasteiger partial charge in [-0.3, -0.25) is 0 Å². The van der Waals surface area contributed by atoms with Crippen molar-refractivity contribution in [2.24, 2.45) is 0 Å². The Labute approximate surface area is 188 Å². The minimum Gasteiger partial charge on any atom is -0.246 e. The Balaban J connectivity index is 1.67. The predicted molar refractivity (Wildman–Crippen MR) is 127 cm³/mol. The molecule has 0 fully saturated rings. The Morgan fingerprint density at radius 1 is 0.750 bits per heavy atom. The van der Waals surface area contributed by atoms with Crippen molar-refractivity contribution in [1.29, 1.82) is 0 Å². The molecular formula is C25H24N4O2S. The van der Waals surface area contributed by atoms with Gasteiger partial charge >= 0.3 is 0 Å². The van der Waals surface area contributed by atoms with E-state index in [1.54, 1.807) is 12.1 Å². The van der Waals surface area contributed by atoms with Gasteiger partial charge in [0, 0.05) is 11.1 Å². The van der Waals surface area contributed by atoms with Crippen molar-refractivity contribution >= 4 is 16.0 Å². The standard InChI is InChI=1S/C25H24N4O2S/c1-2-3-10-19-15-17-22(18-16-19)32(30,31)29-25-26-23(20-11-6-4-7-12-20)24(27-28-25)21-13-8-5-9-14-21/h4-9,11-18H,2-3,10H2,1H3,(H,26,28,29). The van der Waals surface area contributed by atoms with E-state index in [0.717, 1.165) is 36.0 Å². The lowest BCUT2D eigenvalue weighted by atomic mass is 10.0. The lowest BCUT2D eigenvalue weighted by Gasteiger charge is -2.11. The van der Waals surface area contributed by atoms with Gasteiger partial charge in [0.25, 0.3) is 16.0 Å². The summed E-state index contributed by atoms with van der Waals surface area (Å²) >= 11 is 0. The molecule has 0 atom stereocenters. The van der Waals surface area contributed by atoms with Gasteiger partial charge in [0.05, 0.1) is 4.90 Å². The number of nitrogens with one attached hydrogen (secondary N) is 1. The fourth-order valence-corrected chi connectivity index (χ4v) is 4.29. The van der Waals surface area contributed by atoms with Gasteiger partial charge in [-0.1, -0.05) is 86.1 Å². The number of aromatic nitrogens is 3. The fraction of sp³-hybridized carbons (Fsp3) is 0.160. The molecule has 0 radical (unpaired) electrons. The highest BCUT2D eigenvalue weighted by Gasteiger charge is 2.19. The molecule has 32 heavy (non-hydrogen) atoms. The van der Waals surface area contributed by atoms with Gasteiger partial charge in [-0.25, -0.2) is 18.1 Å². The van der Waals surface area contributed by atoms with Crippen LogP contribution < -0.4 is 4.72 Å². The summed E-state index contributed by atoms with van der Waals surface area (Å²) in [6.07, 6.45) is 3.09. The summed E-state index contributed by atoms with van der Waals surface area (Å²) in [5, 5.41) is 8.37. The van der Waals surface area contributed by atoms with E-state index in [1.165, 1.54) is 0 Å². The third kappa shape index (κ3) is 5.00. The quantitative estimate of drug-likeness (QED) is 0.396. The van der Waals surface area contributed by atoms with Crippen LogP contribution in [0.1, 0.15) is 25.3 Å². The number of unbranched alkanes of at least 4 members (excludes halogenated alkanes) is 1. The first-order chi connectivity index (χ1) is 15.6. The van der Waals surface area contributed by atoms with Crippen LogP contribution in [0.2, 0.25) is 0 Å². The zero-order valence-corrected chi connectivity index (χ0v) is 18.6. The molecule has 0 aliphatic rings. The van der Waals surface area contributed by atoms with Crippen molar-refractivity contribution in [3.63, 3.8) is 0 Å². The number of hydrogen-bond acceptors (Lipinski definition) is 5. The molecule has 1 aromatic heterocycles. The molecule has 0 amide bonds. The van der Waals surface area contributed by atoms with E-state index < -0.39 is 10.0 Å². The highest BCUT2D eigenvalue weighted by atomic mass is 32.2. The topological polar surface area (TPSA) is 84.8 Å². The smallest absolute Gasteiger partial charge is 0.246 e. The molecular weight excluding hydrogens is 420 g/mol. The van der Waals surface area contributed by atoms with E-state index in [-0.39, 0.29) is 10.8 Å². The summed E-state index contributed by atoms with van der Waals surface area (Å²) in [4.78, 5) is 4.69. The molecule has 162 valence electrons. The van der Waals surface area contributed by atoms with E-state index in [1.807, 2.05) is 72.8 Å². The van der Waals surface area contributed by atoms with Gasteiger partial charge in [0.15, 0.2) is 0 Å². The number of hydrogen-bond donors (Lipinski definition) is 1. The van der Waals surface area contributed by atoms with Gasteiger partial charge < -0.3 is 0 Å². The van der Waals surface area contributed by atoms with Gasteiger partial charge in [0.2, 0.25) is 0 Å². The van der Waals surface area contributed by atoms with Crippen LogP contribution in [0.3, 0.4) is 0 Å². The molecule has 0 saturated heterocycles. The Bertz CT molecular complexity index is 1280. The lowest BCUT2D eigenvalue weighted by Crippen LogP contribution is -2.16. The Kier molecular flexibility index (Phi) is 6.56. The normalized spacial score (nSPS) is 11.3. The van der Waals surface area contributed by atoms with E-state index >= 15 is 0 Å². The molecule has 1 N–H and O–H groups in total. The molecule has 0 unspecified atom stereocenters. The van der Waals surface area contributed by atoms with Crippen molar-refractivity contribution in [3.05, 3.63) is 90.5 Å². The van der Waals surface area contributed by atoms with E-state index in [9.17, 15) is 8.42 Å². The number of aryl methyl sites for hydroxylation is 1. The molecule has 1 heterocycles. The molecule has 7 heteroatoms. The Morgan fingerprint density at radius 3 is 1.94 bits per heavy atom. The number of anilines is 1. The van der Waals surface area contributed by atoms with Crippen molar-refractivity contribution < 1.29 is 8.42 Å². The first-order valence-corrected chi connectivity index (χ1v) is 12.0. The van der Waals surface area contributed by atoms with E-state index in [2.05, 4.69) is 26.8 Å². The molecule has 6 nitrogen and oxygen atoms in total. The lowest BCUT2D eigenvalue weighted by molar-refractivity contribution is 0.600. The molecule has 4 rings (SSSR count). The van der Waals surface area contributed by atoms with Crippen molar-refractivity contribution in [2.45, 2.75) is 31.1 Å². The van der Waals surface area contributed by atoms with Gasteiger partial charge in [0.1, 0.15) is 11.4 Å². The van der Waals surface area contributed by atoms with E-state index in [4.69, 9.17) is 0 Å². The molecule has 0 aliphatic heterocycles. The number of nitrogens with zero attached hydrogens (tertiary/aromatic N) is 3. The highest BCUT2D eigenvalue weighted by Crippen LogP contribution is 2.29. The number of benzene rings is 3. The van der Waals surface area contributed by atoms with Crippen LogP contribution in [0, 0.1) is 0 Å². The Morgan fingerprint density at radius 2 is 1.34 bits per heavy atom. The average molecular weight is 445 g/mol. The molecule has 4 aromatic rings. The fourth-order valence-electron chi connectivity index (χ4n) is 3.35. The maximum Gasteiger partial charge on any atom is 0.264 e. The van der Waals surface area contributed by atoms with Gasteiger partial charge in [-0.05, 0) is 30.5 Å². The van der Waals surface area contributed by atoms with Crippen molar-refractivity contribution in [2.75, 3.05) is 4.72 Å². The second-order valence-electron chi connectivity index (χ2n) is 7.42. The first-order valence-electron chi connectivity index (χ1n) is 10.5. The molecule has 0 saturated carbocycles. The monoisotopic (exact) mass is 444 g/mol. The summed E-state index contributed by atoms with van der Waals surface area (Å²) in [7, 11) is -3.84. The number of rotatable bonds is 8. The zero-order valence-electron chi connectivity index (χ0n) is 17.8. The number of sulfonamides is 1. The maximum absolute atomic E-state index is 12.9. The van der Waals surface area contributed by atoms with Gasteiger partial charge in [-0.2, -0.15) is 0 Å². The zero-order chi connectivity index (χ0) is 22.4. The maximum atomic E-state index is 12.9. The van der Waals surface area contributed by atoms with Crippen molar-refractivity contribution in [1.82, 2.24) is 15.2 Å². The largest absolute Gasteiger partial charge is 0.264 e. The van der Waals surface area contributed by atoms with Crippen LogP contribution in [-0.2, 0) is 16.4 Å². The van der Waals surface area contributed by atoms with Crippen LogP contribution in [0.15, 0.2) is 89.8 Å². The third-order valence-corrected chi connectivity index (χ3v) is 6.40. The first kappa shape index (κ1) is 21.6. The summed E-state index contributed by atoms with van der Waals surface area (Å²) in [5.41, 5.74) is 3.92. The Hall–Kier alpha value is -3.58. The van der Waals surface area contributed by atoms with Crippen molar-refractivity contribution in [3.8, 4) is 22.5 Å². The summed E-state index contributed by atoms with van der Waals surface area (Å²) in [5.74, 6) is -0.0707.